The van der Waals surface area contributed by atoms with Crippen LogP contribution in [0.5, 0.6) is 5.75 Å². The predicted molar refractivity (Wildman–Crippen MR) is 110 cm³/mol. The molecule has 0 radical (unpaired) electrons. The number of carbonyl (C=O) groups excluding carboxylic acids is 2. The van der Waals surface area contributed by atoms with Gasteiger partial charge >= 0.3 is 0 Å². The summed E-state index contributed by atoms with van der Waals surface area (Å²) in [5, 5.41) is 0. The summed E-state index contributed by atoms with van der Waals surface area (Å²) < 4.78 is 10.9. The Morgan fingerprint density at radius 2 is 1.86 bits per heavy atom. The molecule has 1 spiro atoms. The Morgan fingerprint density at radius 3 is 2.59 bits per heavy atom. The zero-order valence-electron chi connectivity index (χ0n) is 17.4. The maximum Gasteiger partial charge on any atom is 0.245 e. The van der Waals surface area contributed by atoms with Gasteiger partial charge in [-0.2, -0.15) is 0 Å². The third-order valence-corrected chi connectivity index (χ3v) is 6.92. The highest BCUT2D eigenvalue weighted by atomic mass is 16.5. The van der Waals surface area contributed by atoms with Gasteiger partial charge in [-0.3, -0.25) is 9.59 Å². The van der Waals surface area contributed by atoms with Gasteiger partial charge in [-0.05, 0) is 56.2 Å². The van der Waals surface area contributed by atoms with Crippen LogP contribution in [0.25, 0.3) is 0 Å². The molecule has 3 fully saturated rings. The highest BCUT2D eigenvalue weighted by molar-refractivity contribution is 5.89. The number of amides is 2. The fraction of sp³-hybridized carbons (Fsp3) is 0.652. The van der Waals surface area contributed by atoms with Crippen LogP contribution in [0.4, 0.5) is 0 Å². The second kappa shape index (κ2) is 8.74. The molecule has 6 nitrogen and oxygen atoms in total. The molecule has 3 heterocycles. The molecule has 0 saturated carbocycles. The van der Waals surface area contributed by atoms with Crippen LogP contribution in [0, 0.1) is 5.41 Å². The highest BCUT2D eigenvalue weighted by Gasteiger charge is 2.51. The largest absolute Gasteiger partial charge is 0.497 e. The second-order valence-corrected chi connectivity index (χ2v) is 8.63. The first-order valence-corrected chi connectivity index (χ1v) is 10.9. The summed E-state index contributed by atoms with van der Waals surface area (Å²) in [6.07, 6.45) is 6.10. The van der Waals surface area contributed by atoms with Crippen LogP contribution in [-0.4, -0.2) is 67.6 Å². The van der Waals surface area contributed by atoms with E-state index in [9.17, 15) is 9.59 Å². The van der Waals surface area contributed by atoms with E-state index in [1.54, 1.807) is 7.11 Å². The molecule has 0 aromatic heterocycles. The summed E-state index contributed by atoms with van der Waals surface area (Å²) in [5.74, 6) is 0.948. The van der Waals surface area contributed by atoms with Gasteiger partial charge in [-0.15, -0.1) is 0 Å². The minimum Gasteiger partial charge on any atom is -0.497 e. The van der Waals surface area contributed by atoms with Gasteiger partial charge in [0.25, 0.3) is 0 Å². The molecule has 6 heteroatoms. The quantitative estimate of drug-likeness (QED) is 0.780. The van der Waals surface area contributed by atoms with Crippen molar-refractivity contribution in [2.75, 3.05) is 40.0 Å². The number of piperidine rings is 1. The fourth-order valence-corrected chi connectivity index (χ4v) is 5.33. The summed E-state index contributed by atoms with van der Waals surface area (Å²) in [6.45, 7) is 3.67. The molecule has 3 aliphatic rings. The van der Waals surface area contributed by atoms with Gasteiger partial charge in [0.2, 0.25) is 11.8 Å². The third kappa shape index (κ3) is 4.13. The Kier molecular flexibility index (Phi) is 6.09. The van der Waals surface area contributed by atoms with E-state index in [1.165, 1.54) is 0 Å². The SMILES string of the molecule is COc1cccc(CC(=O)N2CCCC3(CCOCC3)C2C(=O)N2CCCC2)c1. The molecular weight excluding hydrogens is 368 g/mol. The van der Waals surface area contributed by atoms with E-state index in [4.69, 9.17) is 9.47 Å². The average molecular weight is 401 g/mol. The Morgan fingerprint density at radius 1 is 1.10 bits per heavy atom. The van der Waals surface area contributed by atoms with E-state index >= 15 is 0 Å². The van der Waals surface area contributed by atoms with Gasteiger partial charge in [-0.1, -0.05) is 12.1 Å². The van der Waals surface area contributed by atoms with Crippen molar-refractivity contribution in [3.05, 3.63) is 29.8 Å². The number of carbonyl (C=O) groups is 2. The average Bonchev–Trinajstić information content (AvgIpc) is 3.29. The number of likely N-dealkylation sites (tertiary alicyclic amines) is 2. The first-order valence-electron chi connectivity index (χ1n) is 10.9. The minimum absolute atomic E-state index is 0.0429. The van der Waals surface area contributed by atoms with E-state index < -0.39 is 0 Å². The van der Waals surface area contributed by atoms with Gasteiger partial charge < -0.3 is 19.3 Å². The molecule has 3 saturated heterocycles. The van der Waals surface area contributed by atoms with Crippen molar-refractivity contribution in [2.24, 2.45) is 5.41 Å². The molecule has 4 rings (SSSR count). The van der Waals surface area contributed by atoms with Crippen LogP contribution in [0.15, 0.2) is 24.3 Å². The lowest BCUT2D eigenvalue weighted by molar-refractivity contribution is -0.160. The molecule has 1 atom stereocenters. The highest BCUT2D eigenvalue weighted by Crippen LogP contribution is 2.45. The van der Waals surface area contributed by atoms with Crippen LogP contribution in [0.1, 0.15) is 44.1 Å². The Bertz CT molecular complexity index is 733. The molecule has 2 amide bonds. The lowest BCUT2D eigenvalue weighted by atomic mass is 9.67. The van der Waals surface area contributed by atoms with Gasteiger partial charge in [0, 0.05) is 38.3 Å². The molecule has 1 aromatic carbocycles. The van der Waals surface area contributed by atoms with Crippen LogP contribution < -0.4 is 4.74 Å². The maximum atomic E-state index is 13.6. The number of rotatable bonds is 4. The summed E-state index contributed by atoms with van der Waals surface area (Å²) in [7, 11) is 1.63. The molecule has 158 valence electrons. The lowest BCUT2D eigenvalue weighted by Gasteiger charge is -2.51. The van der Waals surface area contributed by atoms with Gasteiger partial charge in [-0.25, -0.2) is 0 Å². The van der Waals surface area contributed by atoms with E-state index in [1.807, 2.05) is 34.1 Å². The predicted octanol–water partition coefficient (Wildman–Crippen LogP) is 2.65. The van der Waals surface area contributed by atoms with Crippen molar-refractivity contribution in [1.29, 1.82) is 0 Å². The number of nitrogens with zero attached hydrogens (tertiary/aromatic N) is 2. The van der Waals surface area contributed by atoms with Crippen LogP contribution >= 0.6 is 0 Å². The number of hydrogen-bond acceptors (Lipinski definition) is 4. The number of benzene rings is 1. The zero-order valence-corrected chi connectivity index (χ0v) is 17.4. The van der Waals surface area contributed by atoms with Crippen LogP contribution in [0.3, 0.4) is 0 Å². The lowest BCUT2D eigenvalue weighted by Crippen LogP contribution is -2.62. The van der Waals surface area contributed by atoms with Crippen molar-refractivity contribution in [2.45, 2.75) is 51.0 Å². The number of methoxy groups -OCH3 is 1. The summed E-state index contributed by atoms with van der Waals surface area (Å²) in [6, 6.07) is 7.29. The van der Waals surface area contributed by atoms with E-state index in [0.717, 1.165) is 62.9 Å². The zero-order chi connectivity index (χ0) is 20.3. The fourth-order valence-electron chi connectivity index (χ4n) is 5.33. The van der Waals surface area contributed by atoms with Gasteiger partial charge in [0.1, 0.15) is 11.8 Å². The van der Waals surface area contributed by atoms with Crippen LogP contribution in [0.2, 0.25) is 0 Å². The van der Waals surface area contributed by atoms with Gasteiger partial charge in [0.15, 0.2) is 0 Å². The first kappa shape index (κ1) is 20.2. The normalized spacial score (nSPS) is 24.0. The van der Waals surface area contributed by atoms with Crippen LogP contribution in [-0.2, 0) is 20.7 Å². The van der Waals surface area contributed by atoms with Crippen molar-refractivity contribution >= 4 is 11.8 Å². The topological polar surface area (TPSA) is 59.1 Å². The molecule has 1 aromatic rings. The summed E-state index contributed by atoms with van der Waals surface area (Å²) in [4.78, 5) is 30.9. The minimum atomic E-state index is -0.351. The first-order chi connectivity index (χ1) is 14.1. The standard InChI is InChI=1S/C23H32N2O4/c1-28-19-7-4-6-18(16-19)17-20(26)25-13-5-8-23(9-14-29-15-10-23)21(25)22(27)24-11-2-3-12-24/h4,6-7,16,21H,2-3,5,8-15,17H2,1H3. The Balaban J connectivity index is 1.59. The number of hydrogen-bond donors (Lipinski definition) is 0. The van der Waals surface area contributed by atoms with Gasteiger partial charge in [0.05, 0.1) is 13.5 Å². The summed E-state index contributed by atoms with van der Waals surface area (Å²) >= 11 is 0. The van der Waals surface area contributed by atoms with Crippen molar-refractivity contribution in [3.63, 3.8) is 0 Å². The molecule has 0 bridgehead atoms. The Labute approximate surface area is 173 Å². The molecule has 0 N–H and O–H groups in total. The van der Waals surface area contributed by atoms with E-state index in [0.29, 0.717) is 26.2 Å². The van der Waals surface area contributed by atoms with E-state index in [2.05, 4.69) is 0 Å². The van der Waals surface area contributed by atoms with Crippen molar-refractivity contribution in [1.82, 2.24) is 9.80 Å². The molecular formula is C23H32N2O4. The summed E-state index contributed by atoms with van der Waals surface area (Å²) in [5.41, 5.74) is 0.786. The smallest absolute Gasteiger partial charge is 0.245 e. The van der Waals surface area contributed by atoms with Crippen molar-refractivity contribution in [3.8, 4) is 5.75 Å². The monoisotopic (exact) mass is 400 g/mol. The Hall–Kier alpha value is -2.08. The second-order valence-electron chi connectivity index (χ2n) is 8.63. The molecule has 29 heavy (non-hydrogen) atoms. The molecule has 3 aliphatic heterocycles. The third-order valence-electron chi connectivity index (χ3n) is 6.92. The van der Waals surface area contributed by atoms with Crippen molar-refractivity contribution < 1.29 is 19.1 Å². The number of ether oxygens (including phenoxy) is 2. The molecule has 0 aliphatic carbocycles. The van der Waals surface area contributed by atoms with E-state index in [-0.39, 0.29) is 23.3 Å². The molecule has 1 unspecified atom stereocenters. The maximum absolute atomic E-state index is 13.6.